The van der Waals surface area contributed by atoms with Gasteiger partial charge in [-0.1, -0.05) is 30.3 Å². The number of rotatable bonds is 5. The van der Waals surface area contributed by atoms with E-state index in [0.29, 0.717) is 11.4 Å². The van der Waals surface area contributed by atoms with Gasteiger partial charge >= 0.3 is 0 Å². The van der Waals surface area contributed by atoms with Gasteiger partial charge in [0, 0.05) is 17.3 Å². The first kappa shape index (κ1) is 17.4. The zero-order valence-electron chi connectivity index (χ0n) is 14.6. The van der Waals surface area contributed by atoms with Crippen LogP contribution in [0.25, 0.3) is 11.3 Å². The Morgan fingerprint density at radius 1 is 1.08 bits per heavy atom. The number of aryl methyl sites for hydroxylation is 2. The van der Waals surface area contributed by atoms with Crippen molar-refractivity contribution in [3.63, 3.8) is 0 Å². The number of para-hydroxylation sites is 1. The van der Waals surface area contributed by atoms with Crippen LogP contribution in [0.5, 0.6) is 5.75 Å². The Balaban J connectivity index is 1.67. The average Bonchev–Trinajstić information content (AvgIpc) is 2.62. The smallest absolute Gasteiger partial charge is 0.264 e. The molecule has 0 saturated carbocycles. The van der Waals surface area contributed by atoms with Crippen molar-refractivity contribution in [1.29, 1.82) is 0 Å². The maximum Gasteiger partial charge on any atom is 0.264 e. The minimum atomic E-state index is -0.262. The van der Waals surface area contributed by atoms with Crippen LogP contribution in [-0.2, 0) is 4.79 Å². The van der Waals surface area contributed by atoms with Gasteiger partial charge in [0.05, 0.1) is 5.69 Å². The highest BCUT2D eigenvalue weighted by Gasteiger charge is 2.08. The molecule has 0 bridgehead atoms. The number of nitrogens with zero attached hydrogens (tertiary/aromatic N) is 1. The van der Waals surface area contributed by atoms with Gasteiger partial charge < -0.3 is 10.1 Å². The molecular weight excluding hydrogens is 330 g/mol. The van der Waals surface area contributed by atoms with Crippen LogP contribution >= 0.6 is 0 Å². The van der Waals surface area contributed by atoms with Crippen molar-refractivity contribution in [3.05, 3.63) is 76.1 Å². The van der Waals surface area contributed by atoms with E-state index in [-0.39, 0.29) is 18.1 Å². The van der Waals surface area contributed by atoms with Crippen molar-refractivity contribution in [1.82, 2.24) is 10.2 Å². The summed E-state index contributed by atoms with van der Waals surface area (Å²) in [6, 6.07) is 16.1. The van der Waals surface area contributed by atoms with Crippen molar-refractivity contribution in [3.8, 4) is 17.0 Å². The Labute approximate surface area is 150 Å². The number of aromatic nitrogens is 2. The van der Waals surface area contributed by atoms with Crippen LogP contribution in [-0.4, -0.2) is 22.7 Å². The number of anilines is 1. The lowest BCUT2D eigenvalue weighted by Gasteiger charge is -2.12. The van der Waals surface area contributed by atoms with Gasteiger partial charge in [0.1, 0.15) is 5.75 Å². The molecule has 2 N–H and O–H groups in total. The maximum atomic E-state index is 12.2. The van der Waals surface area contributed by atoms with Gasteiger partial charge in [-0.25, -0.2) is 5.10 Å². The molecule has 2 aromatic carbocycles. The predicted octanol–water partition coefficient (Wildman–Crippen LogP) is 3.07. The summed E-state index contributed by atoms with van der Waals surface area (Å²) >= 11 is 0. The summed E-state index contributed by atoms with van der Waals surface area (Å²) in [6.45, 7) is 3.81. The second kappa shape index (κ2) is 7.65. The molecule has 0 radical (unpaired) electrons. The number of aromatic amines is 1. The van der Waals surface area contributed by atoms with Crippen LogP contribution in [0.3, 0.4) is 0 Å². The van der Waals surface area contributed by atoms with Crippen LogP contribution in [0.15, 0.2) is 59.4 Å². The minimum absolute atomic E-state index is 0.0766. The highest BCUT2D eigenvalue weighted by Crippen LogP contribution is 2.23. The molecule has 0 aliphatic heterocycles. The number of ether oxygens (including phenoxy) is 1. The van der Waals surface area contributed by atoms with Gasteiger partial charge in [-0.3, -0.25) is 9.59 Å². The normalized spacial score (nSPS) is 10.4. The van der Waals surface area contributed by atoms with E-state index >= 15 is 0 Å². The molecular formula is C20H19N3O3. The number of H-pyrrole nitrogens is 1. The van der Waals surface area contributed by atoms with Crippen molar-refractivity contribution >= 4 is 11.6 Å². The topological polar surface area (TPSA) is 84.1 Å². The van der Waals surface area contributed by atoms with Crippen LogP contribution in [0.1, 0.15) is 11.1 Å². The molecule has 0 spiro atoms. The molecule has 132 valence electrons. The summed E-state index contributed by atoms with van der Waals surface area (Å²) in [6.07, 6.45) is 0. The van der Waals surface area contributed by atoms with Crippen LogP contribution in [0.4, 0.5) is 5.69 Å². The van der Waals surface area contributed by atoms with Gasteiger partial charge in [-0.05, 0) is 43.2 Å². The van der Waals surface area contributed by atoms with Crippen LogP contribution in [0, 0.1) is 13.8 Å². The van der Waals surface area contributed by atoms with E-state index in [2.05, 4.69) is 15.5 Å². The van der Waals surface area contributed by atoms with Gasteiger partial charge in [-0.2, -0.15) is 5.10 Å². The summed E-state index contributed by atoms with van der Waals surface area (Å²) in [4.78, 5) is 23.3. The number of benzene rings is 2. The molecule has 3 rings (SSSR count). The maximum absolute atomic E-state index is 12.2. The SMILES string of the molecule is Cc1cccc(C)c1OCC(=O)Nc1cccc(-c2ccc(=O)[nH]n2)c1. The first-order chi connectivity index (χ1) is 12.5. The van der Waals surface area contributed by atoms with E-state index in [0.717, 1.165) is 22.4 Å². The monoisotopic (exact) mass is 349 g/mol. The van der Waals surface area contributed by atoms with E-state index in [1.807, 2.05) is 44.2 Å². The highest BCUT2D eigenvalue weighted by atomic mass is 16.5. The lowest BCUT2D eigenvalue weighted by atomic mass is 10.1. The molecule has 6 nitrogen and oxygen atoms in total. The van der Waals surface area contributed by atoms with Crippen LogP contribution < -0.4 is 15.6 Å². The zero-order valence-corrected chi connectivity index (χ0v) is 14.6. The van der Waals surface area contributed by atoms with Crippen molar-refractivity contribution in [2.24, 2.45) is 0 Å². The average molecular weight is 349 g/mol. The second-order valence-corrected chi connectivity index (χ2v) is 5.95. The van der Waals surface area contributed by atoms with Crippen LogP contribution in [0.2, 0.25) is 0 Å². The largest absolute Gasteiger partial charge is 0.483 e. The summed E-state index contributed by atoms with van der Waals surface area (Å²) in [5.41, 5.74) is 3.75. The molecule has 6 heteroatoms. The van der Waals surface area contributed by atoms with Gasteiger partial charge in [-0.15, -0.1) is 0 Å². The minimum Gasteiger partial charge on any atom is -0.483 e. The highest BCUT2D eigenvalue weighted by molar-refractivity contribution is 5.92. The van der Waals surface area contributed by atoms with Crippen molar-refractivity contribution in [2.75, 3.05) is 11.9 Å². The zero-order chi connectivity index (χ0) is 18.5. The lowest BCUT2D eigenvalue weighted by molar-refractivity contribution is -0.118. The fourth-order valence-electron chi connectivity index (χ4n) is 2.62. The standard InChI is InChI=1S/C20H19N3O3/c1-13-5-3-6-14(2)20(13)26-12-19(25)21-16-8-4-7-15(11-16)17-9-10-18(24)23-22-17/h3-11H,12H2,1-2H3,(H,21,25)(H,23,24). The Kier molecular flexibility index (Phi) is 5.12. The Morgan fingerprint density at radius 2 is 1.81 bits per heavy atom. The van der Waals surface area contributed by atoms with Gasteiger partial charge in [0.15, 0.2) is 6.61 Å². The third-order valence-electron chi connectivity index (χ3n) is 3.88. The first-order valence-electron chi connectivity index (χ1n) is 8.18. The van der Waals surface area contributed by atoms with Crippen molar-refractivity contribution in [2.45, 2.75) is 13.8 Å². The van der Waals surface area contributed by atoms with E-state index in [1.54, 1.807) is 18.2 Å². The molecule has 1 heterocycles. The molecule has 0 unspecified atom stereocenters. The summed E-state index contributed by atoms with van der Waals surface area (Å²) in [5.74, 6) is 0.480. The van der Waals surface area contributed by atoms with E-state index < -0.39 is 0 Å². The quantitative estimate of drug-likeness (QED) is 0.741. The number of nitrogens with one attached hydrogen (secondary N) is 2. The molecule has 0 saturated heterocycles. The van der Waals surface area contributed by atoms with Crippen molar-refractivity contribution < 1.29 is 9.53 Å². The number of carbonyl (C=O) groups is 1. The molecule has 0 aliphatic carbocycles. The fourth-order valence-corrected chi connectivity index (χ4v) is 2.62. The number of hydrogen-bond acceptors (Lipinski definition) is 4. The van der Waals surface area contributed by atoms with E-state index in [9.17, 15) is 9.59 Å². The molecule has 0 fully saturated rings. The molecule has 26 heavy (non-hydrogen) atoms. The first-order valence-corrected chi connectivity index (χ1v) is 8.18. The number of carbonyl (C=O) groups excluding carboxylic acids is 1. The predicted molar refractivity (Wildman–Crippen MR) is 100 cm³/mol. The Hall–Kier alpha value is -3.41. The van der Waals surface area contributed by atoms with Gasteiger partial charge in [0.2, 0.25) is 0 Å². The fraction of sp³-hybridized carbons (Fsp3) is 0.150. The molecule has 1 amide bonds. The Bertz CT molecular complexity index is 955. The second-order valence-electron chi connectivity index (χ2n) is 5.95. The van der Waals surface area contributed by atoms with E-state index in [1.165, 1.54) is 6.07 Å². The third kappa shape index (κ3) is 4.16. The summed E-state index contributed by atoms with van der Waals surface area (Å²) in [7, 11) is 0. The molecule has 1 aromatic heterocycles. The molecule has 0 atom stereocenters. The summed E-state index contributed by atoms with van der Waals surface area (Å²) < 4.78 is 5.67. The Morgan fingerprint density at radius 3 is 2.50 bits per heavy atom. The third-order valence-corrected chi connectivity index (χ3v) is 3.88. The summed E-state index contributed by atoms with van der Waals surface area (Å²) in [5, 5.41) is 9.19. The molecule has 0 aliphatic rings. The molecule has 3 aromatic rings. The lowest BCUT2D eigenvalue weighted by Crippen LogP contribution is -2.20. The van der Waals surface area contributed by atoms with E-state index in [4.69, 9.17) is 4.74 Å². The van der Waals surface area contributed by atoms with Gasteiger partial charge in [0.25, 0.3) is 11.5 Å². The number of amides is 1. The number of hydrogen-bond donors (Lipinski definition) is 2.